The van der Waals surface area contributed by atoms with Crippen LogP contribution in [0, 0.1) is 0 Å². The van der Waals surface area contributed by atoms with Crippen LogP contribution in [0.1, 0.15) is 77.8 Å². The predicted octanol–water partition coefficient (Wildman–Crippen LogP) is 11.1. The number of carboxylic acid groups (broad SMARTS) is 1. The number of hydrogen-bond donors (Lipinski definition) is 2. The summed E-state index contributed by atoms with van der Waals surface area (Å²) < 4.78 is 18.9. The summed E-state index contributed by atoms with van der Waals surface area (Å²) in [6.07, 6.45) is 10.3. The van der Waals surface area contributed by atoms with Crippen molar-refractivity contribution in [3.05, 3.63) is 188 Å². The van der Waals surface area contributed by atoms with Gasteiger partial charge in [0.15, 0.2) is 17.6 Å². The number of amides is 1. The Hall–Kier alpha value is -5.80. The third-order valence-corrected chi connectivity index (χ3v) is 12.4. The van der Waals surface area contributed by atoms with Gasteiger partial charge in [-0.25, -0.2) is 4.79 Å². The zero-order valence-corrected chi connectivity index (χ0v) is 35.7. The van der Waals surface area contributed by atoms with Gasteiger partial charge in [0.25, 0.3) is 0 Å². The Labute approximate surface area is 367 Å². The van der Waals surface area contributed by atoms with Gasteiger partial charge in [-0.05, 0) is 107 Å². The van der Waals surface area contributed by atoms with Gasteiger partial charge in [0.1, 0.15) is 25.0 Å². The summed E-state index contributed by atoms with van der Waals surface area (Å²) in [4.78, 5) is 29.3. The summed E-state index contributed by atoms with van der Waals surface area (Å²) >= 11 is 12.2. The average Bonchev–Trinajstić information content (AvgIpc) is 3.50. The number of rotatable bonds is 13. The van der Waals surface area contributed by atoms with E-state index in [1.165, 1.54) is 5.57 Å². The number of nitrogens with one attached hydrogen (secondary N) is 1. The first-order chi connectivity index (χ1) is 29.6. The molecule has 10 heteroatoms. The summed E-state index contributed by atoms with van der Waals surface area (Å²) in [5.41, 5.74) is 9.22. The van der Waals surface area contributed by atoms with E-state index in [1.54, 1.807) is 12.1 Å². The van der Waals surface area contributed by atoms with Crippen LogP contribution in [0.5, 0.6) is 17.2 Å². The van der Waals surface area contributed by atoms with Crippen LogP contribution in [0.3, 0.4) is 0 Å². The first-order valence-corrected chi connectivity index (χ1v) is 21.5. The molecule has 4 atom stereocenters. The summed E-state index contributed by atoms with van der Waals surface area (Å²) in [5, 5.41) is 14.3. The second kappa shape index (κ2) is 18.9. The van der Waals surface area contributed by atoms with Gasteiger partial charge in [-0.2, -0.15) is 0 Å². The number of nitrogens with zero attached hydrogens (tertiary/aromatic N) is 1. The Bertz CT molecular complexity index is 2480. The van der Waals surface area contributed by atoms with Crippen molar-refractivity contribution in [3.8, 4) is 17.2 Å². The normalized spacial score (nSPS) is 18.2. The molecule has 0 saturated carbocycles. The maximum absolute atomic E-state index is 14.4. The molecule has 4 unspecified atom stereocenters. The van der Waals surface area contributed by atoms with Crippen molar-refractivity contribution in [2.45, 2.75) is 76.9 Å². The lowest BCUT2D eigenvalue weighted by Crippen LogP contribution is -2.55. The van der Waals surface area contributed by atoms with Crippen molar-refractivity contribution in [1.82, 2.24) is 10.2 Å². The SMILES string of the molecule is CCC(c1ccccc1)N1Cc2cc3c(cc2CC1C(=O)NC(Cc1ccc(C2=CC=C(C)CC=C2)cc1)C(=O)O)OCC(c1ccc(OCc2ccc(Cl)c(Cl)c2)cc1)O3. The number of fused-ring (bicyclic) bond motifs is 2. The van der Waals surface area contributed by atoms with Crippen molar-refractivity contribution >= 4 is 40.7 Å². The van der Waals surface area contributed by atoms with E-state index in [0.29, 0.717) is 53.5 Å². The number of allylic oxidation sites excluding steroid dienone is 6. The molecule has 2 N–H and O–H groups in total. The fraction of sp³-hybridized carbons (Fsp3) is 0.255. The highest BCUT2D eigenvalue weighted by molar-refractivity contribution is 6.42. The van der Waals surface area contributed by atoms with Crippen LogP contribution in [-0.4, -0.2) is 40.6 Å². The van der Waals surface area contributed by atoms with Gasteiger partial charge < -0.3 is 24.6 Å². The molecule has 1 aliphatic carbocycles. The van der Waals surface area contributed by atoms with Crippen molar-refractivity contribution in [2.24, 2.45) is 0 Å². The highest BCUT2D eigenvalue weighted by Gasteiger charge is 2.39. The Kier molecular flexibility index (Phi) is 13.0. The molecule has 0 spiro atoms. The van der Waals surface area contributed by atoms with Crippen LogP contribution in [0.4, 0.5) is 0 Å². The van der Waals surface area contributed by atoms with Gasteiger partial charge in [0.05, 0.1) is 16.1 Å². The highest BCUT2D eigenvalue weighted by atomic mass is 35.5. The third-order valence-electron chi connectivity index (χ3n) is 11.6. The minimum absolute atomic E-state index is 0.0924. The molecule has 312 valence electrons. The molecule has 3 aliphatic rings. The Morgan fingerprint density at radius 1 is 0.885 bits per heavy atom. The number of benzene rings is 5. The van der Waals surface area contributed by atoms with Crippen LogP contribution in [0.2, 0.25) is 10.0 Å². The van der Waals surface area contributed by atoms with E-state index in [9.17, 15) is 14.7 Å². The first-order valence-electron chi connectivity index (χ1n) is 20.7. The van der Waals surface area contributed by atoms with Crippen molar-refractivity contribution in [3.63, 3.8) is 0 Å². The molecule has 0 bridgehead atoms. The summed E-state index contributed by atoms with van der Waals surface area (Å²) in [6.45, 7) is 5.34. The average molecular weight is 856 g/mol. The quantitative estimate of drug-likeness (QED) is 0.122. The molecule has 0 radical (unpaired) electrons. The maximum atomic E-state index is 14.4. The standard InChI is InChI=1S/C51H48Cl2N2O6/c1-3-45(37-9-5-4-6-10-37)55-29-40-28-48-47(60-31-49(61-48)38-19-21-41(22-20-38)59-30-34-15-23-42(52)43(53)24-34)27-39(40)26-46(55)50(56)54-44(51(57)58)25-33-13-17-36(18-14-33)35-11-7-8-32(2)12-16-35/h4-7,9-24,27-28,44-46,49H,3,8,25-26,29-31H2,1-2H3,(H,54,56)(H,57,58). The van der Waals surface area contributed by atoms with Gasteiger partial charge in [-0.1, -0.05) is 133 Å². The van der Waals surface area contributed by atoms with Gasteiger partial charge in [0, 0.05) is 19.0 Å². The Balaban J connectivity index is 0.987. The van der Waals surface area contributed by atoms with Crippen molar-refractivity contribution in [2.75, 3.05) is 6.61 Å². The molecule has 0 aromatic heterocycles. The summed E-state index contributed by atoms with van der Waals surface area (Å²) in [5.74, 6) is 0.568. The van der Waals surface area contributed by atoms with Crippen LogP contribution >= 0.6 is 23.2 Å². The molecule has 1 amide bonds. The predicted molar refractivity (Wildman–Crippen MR) is 240 cm³/mol. The molecule has 2 aliphatic heterocycles. The fourth-order valence-electron chi connectivity index (χ4n) is 8.27. The number of halogens is 2. The van der Waals surface area contributed by atoms with E-state index in [2.05, 4.69) is 60.5 Å². The minimum atomic E-state index is -1.11. The molecule has 0 fully saturated rings. The van der Waals surface area contributed by atoms with E-state index < -0.39 is 18.1 Å². The molecule has 5 aromatic rings. The van der Waals surface area contributed by atoms with E-state index >= 15 is 0 Å². The number of carbonyl (C=O) groups excluding carboxylic acids is 1. The third kappa shape index (κ3) is 9.89. The fourth-order valence-corrected chi connectivity index (χ4v) is 8.60. The van der Waals surface area contributed by atoms with Crippen LogP contribution < -0.4 is 19.5 Å². The Morgan fingerprint density at radius 3 is 2.38 bits per heavy atom. The second-order valence-electron chi connectivity index (χ2n) is 15.9. The lowest BCUT2D eigenvalue weighted by molar-refractivity contribution is -0.143. The number of hydrogen-bond acceptors (Lipinski definition) is 6. The minimum Gasteiger partial charge on any atom is -0.489 e. The summed E-state index contributed by atoms with van der Waals surface area (Å²) in [7, 11) is 0. The first kappa shape index (κ1) is 41.9. The molecule has 5 aromatic carbocycles. The van der Waals surface area contributed by atoms with E-state index in [0.717, 1.165) is 57.4 Å². The zero-order valence-electron chi connectivity index (χ0n) is 34.2. The monoisotopic (exact) mass is 854 g/mol. The van der Waals surface area contributed by atoms with Crippen molar-refractivity contribution < 1.29 is 28.9 Å². The Morgan fingerprint density at radius 2 is 1.64 bits per heavy atom. The van der Waals surface area contributed by atoms with Gasteiger partial charge >= 0.3 is 5.97 Å². The zero-order chi connectivity index (χ0) is 42.5. The number of aliphatic carboxylic acids is 1. The molecule has 8 rings (SSSR count). The molecular formula is C51H48Cl2N2O6. The highest BCUT2D eigenvalue weighted by Crippen LogP contribution is 2.43. The van der Waals surface area contributed by atoms with E-state index in [-0.39, 0.29) is 24.5 Å². The lowest BCUT2D eigenvalue weighted by atomic mass is 9.89. The topological polar surface area (TPSA) is 97.3 Å². The smallest absolute Gasteiger partial charge is 0.326 e. The number of carbonyl (C=O) groups is 2. The van der Waals surface area contributed by atoms with E-state index in [4.69, 9.17) is 37.4 Å². The molecule has 0 saturated heterocycles. The number of carboxylic acids is 1. The molecular weight excluding hydrogens is 807 g/mol. The van der Waals surface area contributed by atoms with Crippen LogP contribution in [-0.2, 0) is 35.6 Å². The van der Waals surface area contributed by atoms with Crippen molar-refractivity contribution in [1.29, 1.82) is 0 Å². The number of ether oxygens (including phenoxy) is 3. The van der Waals surface area contributed by atoms with Crippen LogP contribution in [0.15, 0.2) is 139 Å². The largest absolute Gasteiger partial charge is 0.489 e. The maximum Gasteiger partial charge on any atom is 0.326 e. The van der Waals surface area contributed by atoms with E-state index in [1.807, 2.05) is 84.9 Å². The molecule has 2 heterocycles. The summed E-state index contributed by atoms with van der Waals surface area (Å²) in [6, 6.07) is 33.5. The second-order valence-corrected chi connectivity index (χ2v) is 16.7. The van der Waals surface area contributed by atoms with Crippen LogP contribution in [0.25, 0.3) is 5.57 Å². The van der Waals surface area contributed by atoms with Gasteiger partial charge in [-0.15, -0.1) is 0 Å². The van der Waals surface area contributed by atoms with Gasteiger partial charge in [-0.3, -0.25) is 9.69 Å². The molecule has 61 heavy (non-hydrogen) atoms. The van der Waals surface area contributed by atoms with Gasteiger partial charge in [0.2, 0.25) is 5.91 Å². The lowest BCUT2D eigenvalue weighted by Gasteiger charge is -2.42. The molecule has 8 nitrogen and oxygen atoms in total.